The minimum Gasteiger partial charge on any atom is -0.480 e. The molecule has 1 aliphatic heterocycles. The SMILES string of the molecule is N#Cc1ccccc1-c1ccc(C[C@H](NC(=O)NC2CCc3ccccc3NC2=O)C(=O)O)cc1. The van der Waals surface area contributed by atoms with Gasteiger partial charge in [-0.05, 0) is 47.2 Å². The van der Waals surface area contributed by atoms with Crippen molar-refractivity contribution >= 4 is 23.6 Å². The number of benzene rings is 3. The molecule has 8 heteroatoms. The number of hydrogen-bond acceptors (Lipinski definition) is 4. The predicted molar refractivity (Wildman–Crippen MR) is 131 cm³/mol. The number of nitriles is 1. The summed E-state index contributed by atoms with van der Waals surface area (Å²) >= 11 is 0. The van der Waals surface area contributed by atoms with Crippen molar-refractivity contribution in [3.63, 3.8) is 0 Å². The van der Waals surface area contributed by atoms with Gasteiger partial charge in [0.15, 0.2) is 0 Å². The van der Waals surface area contributed by atoms with E-state index >= 15 is 0 Å². The molecule has 0 saturated carbocycles. The first-order chi connectivity index (χ1) is 16.9. The van der Waals surface area contributed by atoms with Crippen molar-refractivity contribution in [1.29, 1.82) is 5.26 Å². The molecule has 3 aromatic rings. The average molecular weight is 469 g/mol. The number of fused-ring (bicyclic) bond motifs is 1. The second-order valence-electron chi connectivity index (χ2n) is 8.30. The highest BCUT2D eigenvalue weighted by Crippen LogP contribution is 2.24. The molecule has 176 valence electrons. The van der Waals surface area contributed by atoms with E-state index in [0.717, 1.165) is 16.7 Å². The van der Waals surface area contributed by atoms with Crippen molar-refractivity contribution in [3.8, 4) is 17.2 Å². The molecule has 0 aromatic heterocycles. The van der Waals surface area contributed by atoms with Crippen LogP contribution < -0.4 is 16.0 Å². The van der Waals surface area contributed by atoms with E-state index in [0.29, 0.717) is 29.7 Å². The Bertz CT molecular complexity index is 1300. The summed E-state index contributed by atoms with van der Waals surface area (Å²) in [4.78, 5) is 36.9. The van der Waals surface area contributed by atoms with Gasteiger partial charge in [0.1, 0.15) is 12.1 Å². The number of carboxylic acid groups (broad SMARTS) is 1. The summed E-state index contributed by atoms with van der Waals surface area (Å²) in [7, 11) is 0. The first-order valence-corrected chi connectivity index (χ1v) is 11.2. The van der Waals surface area contributed by atoms with Gasteiger partial charge in [-0.1, -0.05) is 60.7 Å². The van der Waals surface area contributed by atoms with Crippen LogP contribution in [0.2, 0.25) is 0 Å². The molecule has 0 radical (unpaired) electrons. The van der Waals surface area contributed by atoms with Crippen LogP contribution in [0, 0.1) is 11.3 Å². The molecule has 0 aliphatic carbocycles. The van der Waals surface area contributed by atoms with E-state index in [1.165, 1.54) is 0 Å². The summed E-state index contributed by atoms with van der Waals surface area (Å²) < 4.78 is 0. The number of para-hydroxylation sites is 1. The van der Waals surface area contributed by atoms with E-state index in [2.05, 4.69) is 22.0 Å². The fraction of sp³-hybridized carbons (Fsp3) is 0.185. The smallest absolute Gasteiger partial charge is 0.326 e. The quantitative estimate of drug-likeness (QED) is 0.440. The van der Waals surface area contributed by atoms with Crippen LogP contribution >= 0.6 is 0 Å². The zero-order chi connectivity index (χ0) is 24.8. The molecule has 1 unspecified atom stereocenters. The maximum Gasteiger partial charge on any atom is 0.326 e. The molecule has 4 rings (SSSR count). The Morgan fingerprint density at radius 2 is 1.77 bits per heavy atom. The van der Waals surface area contributed by atoms with Crippen LogP contribution in [0.25, 0.3) is 11.1 Å². The number of rotatable bonds is 6. The Labute approximate surface area is 202 Å². The molecular formula is C27H24N4O4. The van der Waals surface area contributed by atoms with Crippen molar-refractivity contribution in [2.75, 3.05) is 5.32 Å². The molecule has 1 aliphatic rings. The van der Waals surface area contributed by atoms with E-state index in [1.807, 2.05) is 42.5 Å². The lowest BCUT2D eigenvalue weighted by atomic mass is 9.97. The van der Waals surface area contributed by atoms with Crippen molar-refractivity contribution in [2.24, 2.45) is 0 Å². The number of carbonyl (C=O) groups excluding carboxylic acids is 2. The summed E-state index contributed by atoms with van der Waals surface area (Å²) in [6.45, 7) is 0. The first-order valence-electron chi connectivity index (χ1n) is 11.2. The van der Waals surface area contributed by atoms with Gasteiger partial charge in [-0.25, -0.2) is 9.59 Å². The molecule has 35 heavy (non-hydrogen) atoms. The normalized spacial score (nSPS) is 15.5. The zero-order valence-corrected chi connectivity index (χ0v) is 18.8. The fourth-order valence-corrected chi connectivity index (χ4v) is 4.10. The fourth-order valence-electron chi connectivity index (χ4n) is 4.10. The summed E-state index contributed by atoms with van der Waals surface area (Å²) in [6, 6.07) is 21.3. The molecule has 8 nitrogen and oxygen atoms in total. The lowest BCUT2D eigenvalue weighted by molar-refractivity contribution is -0.139. The second kappa shape index (κ2) is 10.5. The Balaban J connectivity index is 1.39. The van der Waals surface area contributed by atoms with Crippen LogP contribution in [0.5, 0.6) is 0 Å². The lowest BCUT2D eigenvalue weighted by Crippen LogP contribution is -2.52. The highest BCUT2D eigenvalue weighted by molar-refractivity contribution is 5.98. The minimum atomic E-state index is -1.18. The molecule has 0 fully saturated rings. The summed E-state index contributed by atoms with van der Waals surface area (Å²) in [5, 5.41) is 26.8. The van der Waals surface area contributed by atoms with E-state index in [9.17, 15) is 24.8 Å². The van der Waals surface area contributed by atoms with E-state index in [4.69, 9.17) is 0 Å². The van der Waals surface area contributed by atoms with Gasteiger partial charge >= 0.3 is 12.0 Å². The number of nitrogens with zero attached hydrogens (tertiary/aromatic N) is 1. The van der Waals surface area contributed by atoms with Gasteiger partial charge in [0.25, 0.3) is 0 Å². The molecule has 0 saturated heterocycles. The van der Waals surface area contributed by atoms with Crippen LogP contribution in [0.3, 0.4) is 0 Å². The number of nitrogens with one attached hydrogen (secondary N) is 3. The highest BCUT2D eigenvalue weighted by atomic mass is 16.4. The molecule has 1 heterocycles. The number of anilines is 1. The van der Waals surface area contributed by atoms with Crippen molar-refractivity contribution in [2.45, 2.75) is 31.3 Å². The molecule has 0 bridgehead atoms. The number of carboxylic acids is 1. The topological polar surface area (TPSA) is 131 Å². The molecule has 4 N–H and O–H groups in total. The van der Waals surface area contributed by atoms with Crippen molar-refractivity contribution in [1.82, 2.24) is 10.6 Å². The summed E-state index contributed by atoms with van der Waals surface area (Å²) in [5.74, 6) is -1.53. The third-order valence-electron chi connectivity index (χ3n) is 5.96. The number of hydrogen-bond donors (Lipinski definition) is 4. The predicted octanol–water partition coefficient (Wildman–Crippen LogP) is 3.47. The van der Waals surface area contributed by atoms with E-state index in [-0.39, 0.29) is 12.3 Å². The van der Waals surface area contributed by atoms with Crippen LogP contribution in [-0.2, 0) is 22.4 Å². The lowest BCUT2D eigenvalue weighted by Gasteiger charge is -2.19. The number of amides is 3. The van der Waals surface area contributed by atoms with Gasteiger partial charge in [-0.2, -0.15) is 5.26 Å². The highest BCUT2D eigenvalue weighted by Gasteiger charge is 2.27. The first kappa shape index (κ1) is 23.5. The Morgan fingerprint density at radius 3 is 2.51 bits per heavy atom. The van der Waals surface area contributed by atoms with Crippen LogP contribution in [-0.4, -0.2) is 35.1 Å². The summed E-state index contributed by atoms with van der Waals surface area (Å²) in [5.41, 5.74) is 4.58. The average Bonchev–Trinajstić information content (AvgIpc) is 3.02. The number of urea groups is 1. The monoisotopic (exact) mass is 468 g/mol. The second-order valence-corrected chi connectivity index (χ2v) is 8.30. The third kappa shape index (κ3) is 5.65. The van der Waals surface area contributed by atoms with Gasteiger partial charge < -0.3 is 21.1 Å². The number of aliphatic carboxylic acids is 1. The maximum absolute atomic E-state index is 12.6. The van der Waals surface area contributed by atoms with Crippen LogP contribution in [0.4, 0.5) is 10.5 Å². The Kier molecular flexibility index (Phi) is 7.07. The van der Waals surface area contributed by atoms with Gasteiger partial charge in [0.2, 0.25) is 5.91 Å². The zero-order valence-electron chi connectivity index (χ0n) is 18.8. The Hall–Kier alpha value is -4.64. The Morgan fingerprint density at radius 1 is 1.06 bits per heavy atom. The van der Waals surface area contributed by atoms with E-state index < -0.39 is 24.1 Å². The van der Waals surface area contributed by atoms with Crippen molar-refractivity contribution < 1.29 is 19.5 Å². The minimum absolute atomic E-state index is 0.0607. The van der Waals surface area contributed by atoms with Crippen LogP contribution in [0.15, 0.2) is 72.8 Å². The number of carbonyl (C=O) groups is 3. The summed E-state index contributed by atoms with van der Waals surface area (Å²) in [6.07, 6.45) is 1.06. The molecule has 0 spiro atoms. The van der Waals surface area contributed by atoms with Gasteiger partial charge in [-0.15, -0.1) is 0 Å². The molecule has 3 aromatic carbocycles. The van der Waals surface area contributed by atoms with Crippen molar-refractivity contribution in [3.05, 3.63) is 89.5 Å². The largest absolute Gasteiger partial charge is 0.480 e. The third-order valence-corrected chi connectivity index (χ3v) is 5.96. The standard InChI is InChI=1S/C27H24N4O4/c28-16-20-6-1-3-7-21(20)18-11-9-17(10-12-18)15-24(26(33)34)31-27(35)30-23-14-13-19-5-2-4-8-22(19)29-25(23)32/h1-12,23-24H,13-15H2,(H,29,32)(H,33,34)(H2,30,31,35)/t23?,24-/m0/s1. The number of aryl methyl sites for hydroxylation is 1. The van der Waals surface area contributed by atoms with E-state index in [1.54, 1.807) is 30.3 Å². The van der Waals surface area contributed by atoms with Crippen LogP contribution in [0.1, 0.15) is 23.1 Å². The maximum atomic E-state index is 12.6. The molecular weight excluding hydrogens is 444 g/mol. The van der Waals surface area contributed by atoms with Gasteiger partial charge in [-0.3, -0.25) is 4.79 Å². The van der Waals surface area contributed by atoms with Gasteiger partial charge in [0.05, 0.1) is 11.6 Å². The molecule has 3 amide bonds. The van der Waals surface area contributed by atoms with Gasteiger partial charge in [0, 0.05) is 12.1 Å². The molecule has 2 atom stereocenters.